The third-order valence-corrected chi connectivity index (χ3v) is 3.98. The molecule has 0 fully saturated rings. The van der Waals surface area contributed by atoms with Crippen LogP contribution in [0.1, 0.15) is 5.56 Å². The Balaban J connectivity index is 1.97. The molecule has 7 heteroatoms. The molecule has 0 saturated carbocycles. The van der Waals surface area contributed by atoms with Crippen molar-refractivity contribution in [2.75, 3.05) is 13.7 Å². The second-order valence-electron chi connectivity index (χ2n) is 4.81. The van der Waals surface area contributed by atoms with Crippen LogP contribution >= 0.6 is 27.5 Å². The molecule has 2 aromatic carbocycles. The highest BCUT2D eigenvalue weighted by molar-refractivity contribution is 9.10. The third-order valence-electron chi connectivity index (χ3n) is 3.13. The second kappa shape index (κ2) is 7.75. The van der Waals surface area contributed by atoms with Crippen LogP contribution in [0, 0.1) is 11.6 Å². The molecule has 0 aliphatic carbocycles. The number of carbonyl (C=O) groups excluding carboxylic acids is 1. The summed E-state index contributed by atoms with van der Waals surface area (Å²) in [7, 11) is 1.49. The molecule has 2 aromatic rings. The van der Waals surface area contributed by atoms with E-state index in [-0.39, 0.29) is 29.5 Å². The Kier molecular flexibility index (Phi) is 5.96. The van der Waals surface area contributed by atoms with Crippen molar-refractivity contribution in [3.8, 4) is 5.75 Å². The summed E-state index contributed by atoms with van der Waals surface area (Å²) in [5, 5.41) is 0.240. The molecule has 0 aliphatic rings. The van der Waals surface area contributed by atoms with E-state index in [1.165, 1.54) is 36.2 Å². The minimum atomic E-state index is -0.577. The zero-order valence-corrected chi connectivity index (χ0v) is 14.5. The highest BCUT2D eigenvalue weighted by atomic mass is 79.9. The maximum atomic E-state index is 13.7. The van der Waals surface area contributed by atoms with E-state index in [4.69, 9.17) is 16.3 Å². The summed E-state index contributed by atoms with van der Waals surface area (Å²) >= 11 is 9.05. The van der Waals surface area contributed by atoms with Crippen molar-refractivity contribution in [2.45, 2.75) is 6.54 Å². The van der Waals surface area contributed by atoms with E-state index in [0.717, 1.165) is 0 Å². The molecule has 0 heterocycles. The first kappa shape index (κ1) is 17.7. The predicted molar refractivity (Wildman–Crippen MR) is 87.5 cm³/mol. The van der Waals surface area contributed by atoms with Crippen molar-refractivity contribution >= 4 is 33.4 Å². The SMILES string of the molecule is CN(Cc1c(F)cccc1Cl)C(=O)COc1ccc(Br)cc1F. The van der Waals surface area contributed by atoms with Gasteiger partial charge in [0.05, 0.1) is 0 Å². The maximum Gasteiger partial charge on any atom is 0.260 e. The van der Waals surface area contributed by atoms with Gasteiger partial charge >= 0.3 is 0 Å². The smallest absolute Gasteiger partial charge is 0.260 e. The first-order chi connectivity index (χ1) is 10.9. The standard InChI is InChI=1S/C16H13BrClF2NO2/c1-21(8-11-12(18)3-2-4-13(11)19)16(22)9-23-15-6-5-10(17)7-14(15)20/h2-7H,8-9H2,1H3. The van der Waals surface area contributed by atoms with Crippen molar-refractivity contribution in [1.29, 1.82) is 0 Å². The molecule has 0 atom stereocenters. The highest BCUT2D eigenvalue weighted by Crippen LogP contribution is 2.22. The lowest BCUT2D eigenvalue weighted by molar-refractivity contribution is -0.132. The number of rotatable bonds is 5. The molecule has 0 spiro atoms. The Bertz CT molecular complexity index is 707. The molecular formula is C16H13BrClF2NO2. The van der Waals surface area contributed by atoms with E-state index in [0.29, 0.717) is 4.47 Å². The normalized spacial score (nSPS) is 10.5. The van der Waals surface area contributed by atoms with Gasteiger partial charge in [-0.25, -0.2) is 8.78 Å². The lowest BCUT2D eigenvalue weighted by Crippen LogP contribution is -2.31. The predicted octanol–water partition coefficient (Wildman–Crippen LogP) is 4.42. The van der Waals surface area contributed by atoms with Crippen LogP contribution in [0.25, 0.3) is 0 Å². The van der Waals surface area contributed by atoms with Crippen LogP contribution in [0.3, 0.4) is 0 Å². The summed E-state index contributed by atoms with van der Waals surface area (Å²) in [5.41, 5.74) is 0.222. The van der Waals surface area contributed by atoms with Gasteiger partial charge in [-0.3, -0.25) is 4.79 Å². The van der Waals surface area contributed by atoms with E-state index in [9.17, 15) is 13.6 Å². The Labute approximate surface area is 145 Å². The second-order valence-corrected chi connectivity index (χ2v) is 6.14. The average molecular weight is 405 g/mol. The van der Waals surface area contributed by atoms with Crippen molar-refractivity contribution in [3.05, 3.63) is 63.1 Å². The van der Waals surface area contributed by atoms with E-state index in [2.05, 4.69) is 15.9 Å². The number of hydrogen-bond donors (Lipinski definition) is 0. The zero-order valence-electron chi connectivity index (χ0n) is 12.2. The molecule has 0 N–H and O–H groups in total. The van der Waals surface area contributed by atoms with Crippen LogP contribution in [0.4, 0.5) is 8.78 Å². The van der Waals surface area contributed by atoms with E-state index in [1.807, 2.05) is 0 Å². The fourth-order valence-electron chi connectivity index (χ4n) is 1.85. The van der Waals surface area contributed by atoms with Crippen molar-refractivity contribution in [2.24, 2.45) is 0 Å². The van der Waals surface area contributed by atoms with Crippen molar-refractivity contribution in [3.63, 3.8) is 0 Å². The van der Waals surface area contributed by atoms with Gasteiger partial charge in [0.2, 0.25) is 0 Å². The van der Waals surface area contributed by atoms with Crippen LogP contribution in [-0.2, 0) is 11.3 Å². The molecule has 3 nitrogen and oxygen atoms in total. The molecule has 0 radical (unpaired) electrons. The molecule has 0 aliphatic heterocycles. The topological polar surface area (TPSA) is 29.5 Å². The summed E-state index contributed by atoms with van der Waals surface area (Å²) in [4.78, 5) is 13.3. The molecule has 0 saturated heterocycles. The third kappa shape index (κ3) is 4.65. The monoisotopic (exact) mass is 403 g/mol. The van der Waals surface area contributed by atoms with Crippen LogP contribution in [0.5, 0.6) is 5.75 Å². The quantitative estimate of drug-likeness (QED) is 0.738. The lowest BCUT2D eigenvalue weighted by atomic mass is 10.2. The number of benzene rings is 2. The fourth-order valence-corrected chi connectivity index (χ4v) is 2.41. The largest absolute Gasteiger partial charge is 0.481 e. The van der Waals surface area contributed by atoms with Gasteiger partial charge in [0.25, 0.3) is 5.91 Å². The maximum absolute atomic E-state index is 13.7. The molecule has 0 unspecified atom stereocenters. The van der Waals surface area contributed by atoms with Gasteiger partial charge in [-0.2, -0.15) is 0 Å². The minimum Gasteiger partial charge on any atom is -0.481 e. The van der Waals surface area contributed by atoms with Crippen LogP contribution in [0.2, 0.25) is 5.02 Å². The lowest BCUT2D eigenvalue weighted by Gasteiger charge is -2.18. The molecule has 1 amide bonds. The number of hydrogen-bond acceptors (Lipinski definition) is 2. The van der Waals surface area contributed by atoms with Gasteiger partial charge in [0.1, 0.15) is 5.82 Å². The van der Waals surface area contributed by atoms with Crippen LogP contribution < -0.4 is 4.74 Å². The Morgan fingerprint density at radius 1 is 1.26 bits per heavy atom. The summed E-state index contributed by atoms with van der Waals surface area (Å²) < 4.78 is 33.0. The molecule has 0 aromatic heterocycles. The number of likely N-dealkylation sites (N-methyl/N-ethyl adjacent to an activating group) is 1. The van der Waals surface area contributed by atoms with Gasteiger partial charge in [0.15, 0.2) is 18.2 Å². The first-order valence-corrected chi connectivity index (χ1v) is 7.80. The number of ether oxygens (including phenoxy) is 1. The number of nitrogens with zero attached hydrogens (tertiary/aromatic N) is 1. The molecule has 0 bridgehead atoms. The van der Waals surface area contributed by atoms with Gasteiger partial charge in [-0.05, 0) is 30.3 Å². The van der Waals surface area contributed by atoms with Gasteiger partial charge in [-0.1, -0.05) is 33.6 Å². The summed E-state index contributed by atoms with van der Waals surface area (Å²) in [5.74, 6) is -1.52. The van der Waals surface area contributed by atoms with Crippen LogP contribution in [0.15, 0.2) is 40.9 Å². The Hall–Kier alpha value is -1.66. The summed E-state index contributed by atoms with van der Waals surface area (Å²) in [6.45, 7) is -0.363. The summed E-state index contributed by atoms with van der Waals surface area (Å²) in [6, 6.07) is 8.57. The fraction of sp³-hybridized carbons (Fsp3) is 0.188. The number of amides is 1. The van der Waals surface area contributed by atoms with Gasteiger partial charge in [0, 0.05) is 28.7 Å². The van der Waals surface area contributed by atoms with E-state index in [1.54, 1.807) is 12.1 Å². The molecular weight excluding hydrogens is 392 g/mol. The van der Waals surface area contributed by atoms with Crippen LogP contribution in [-0.4, -0.2) is 24.5 Å². The highest BCUT2D eigenvalue weighted by Gasteiger charge is 2.15. The van der Waals surface area contributed by atoms with E-state index < -0.39 is 17.5 Å². The first-order valence-electron chi connectivity index (χ1n) is 6.63. The Morgan fingerprint density at radius 2 is 2.00 bits per heavy atom. The minimum absolute atomic E-state index is 0.00345. The molecule has 122 valence electrons. The van der Waals surface area contributed by atoms with Gasteiger partial charge < -0.3 is 9.64 Å². The van der Waals surface area contributed by atoms with Crippen molar-refractivity contribution < 1.29 is 18.3 Å². The Morgan fingerprint density at radius 3 is 2.65 bits per heavy atom. The zero-order chi connectivity index (χ0) is 17.0. The number of carbonyl (C=O) groups is 1. The van der Waals surface area contributed by atoms with E-state index >= 15 is 0 Å². The van der Waals surface area contributed by atoms with Gasteiger partial charge in [-0.15, -0.1) is 0 Å². The number of halogens is 4. The molecule has 2 rings (SSSR count). The molecule has 23 heavy (non-hydrogen) atoms. The average Bonchev–Trinajstić information content (AvgIpc) is 2.49. The summed E-state index contributed by atoms with van der Waals surface area (Å²) in [6.07, 6.45) is 0. The van der Waals surface area contributed by atoms with Crippen molar-refractivity contribution in [1.82, 2.24) is 4.90 Å².